The number of nitrogens with zero attached hydrogens (tertiary/aromatic N) is 1. The number of carbonyl (C=O) groups excluding carboxylic acids is 1. The monoisotopic (exact) mass is 462 g/mol. The first-order chi connectivity index (χ1) is 14.9. The summed E-state index contributed by atoms with van der Waals surface area (Å²) < 4.78 is 11.2. The Kier molecular flexibility index (Phi) is 8.76. The average molecular weight is 463 g/mol. The Morgan fingerprint density at radius 2 is 1.84 bits per heavy atom. The van der Waals surface area contributed by atoms with Gasteiger partial charge in [-0.25, -0.2) is 0 Å². The maximum atomic E-state index is 12.3. The highest BCUT2D eigenvalue weighted by Crippen LogP contribution is 2.28. The highest BCUT2D eigenvalue weighted by molar-refractivity contribution is 6.42. The number of hydrogen-bond donors (Lipinski definition) is 1. The van der Waals surface area contributed by atoms with Gasteiger partial charge in [0.2, 0.25) is 0 Å². The summed E-state index contributed by atoms with van der Waals surface area (Å²) >= 11 is 12.0. The van der Waals surface area contributed by atoms with Crippen LogP contribution in [0.2, 0.25) is 10.0 Å². The fourth-order valence-electron chi connectivity index (χ4n) is 3.64. The second kappa shape index (κ2) is 11.5. The van der Waals surface area contributed by atoms with Crippen molar-refractivity contribution < 1.29 is 14.3 Å². The first-order valence-electron chi connectivity index (χ1n) is 10.5. The summed E-state index contributed by atoms with van der Waals surface area (Å²) in [7, 11) is 1.63. The molecular weight excluding hydrogens is 435 g/mol. The minimum absolute atomic E-state index is 0.0827. The van der Waals surface area contributed by atoms with E-state index in [2.05, 4.69) is 4.90 Å². The topological polar surface area (TPSA) is 62.6 Å². The van der Waals surface area contributed by atoms with Crippen LogP contribution in [-0.2, 0) is 11.2 Å². The Bertz CT molecular complexity index is 911. The number of hydrogen-bond acceptors (Lipinski definition) is 5. The van der Waals surface area contributed by atoms with Crippen LogP contribution in [0.4, 0.5) is 0 Å². The number of benzene rings is 2. The molecule has 1 N–H and O–H groups in total. The van der Waals surface area contributed by atoms with E-state index in [-0.39, 0.29) is 17.6 Å². The molecule has 0 radical (unpaired) electrons. The Morgan fingerprint density at radius 1 is 1.06 bits per heavy atom. The second-order valence-electron chi connectivity index (χ2n) is 7.74. The van der Waals surface area contributed by atoms with Gasteiger partial charge in [0.1, 0.15) is 17.6 Å². The number of methoxy groups -OCH3 is 1. The first-order valence-corrected chi connectivity index (χ1v) is 11.3. The number of Topliss-reactive ketones (excluding diaryl/α,β-unsaturated/α-hetero) is 1. The molecule has 0 bridgehead atoms. The van der Waals surface area contributed by atoms with Crippen molar-refractivity contribution in [1.82, 2.24) is 4.90 Å². The van der Waals surface area contributed by atoms with Crippen molar-refractivity contribution in [2.75, 3.05) is 26.7 Å². The van der Waals surface area contributed by atoms with Crippen LogP contribution in [0.15, 0.2) is 42.5 Å². The standard InChI is InChI=1S/C24H28Cl2N2O3/c1-30-19-4-2-3-17(15-19)5-8-24(29)23(27)11-14-28-12-9-18(10-13-28)31-20-6-7-21(25)22(26)16-20/h2-4,6-7,15-16,18,27H,5,8-14H2,1H3. The minimum Gasteiger partial charge on any atom is -0.497 e. The molecule has 0 saturated carbocycles. The molecule has 1 aliphatic heterocycles. The maximum absolute atomic E-state index is 12.3. The number of piperidine rings is 1. The van der Waals surface area contributed by atoms with Gasteiger partial charge >= 0.3 is 0 Å². The van der Waals surface area contributed by atoms with Gasteiger partial charge in [0.15, 0.2) is 5.78 Å². The number of aryl methyl sites for hydroxylation is 1. The summed E-state index contributed by atoms with van der Waals surface area (Å²) in [6, 6.07) is 13.0. The van der Waals surface area contributed by atoms with Crippen molar-refractivity contribution in [3.63, 3.8) is 0 Å². The Balaban J connectivity index is 1.36. The molecule has 0 amide bonds. The van der Waals surface area contributed by atoms with Crippen LogP contribution < -0.4 is 9.47 Å². The third kappa shape index (κ3) is 7.23. The third-order valence-electron chi connectivity index (χ3n) is 5.52. The number of nitrogens with one attached hydrogen (secondary N) is 1. The molecule has 7 heteroatoms. The van der Waals surface area contributed by atoms with Crippen molar-refractivity contribution in [2.45, 2.75) is 38.2 Å². The predicted molar refractivity (Wildman–Crippen MR) is 125 cm³/mol. The van der Waals surface area contributed by atoms with Crippen molar-refractivity contribution in [3.8, 4) is 11.5 Å². The SMILES string of the molecule is COc1cccc(CCC(=O)C(=N)CCN2CCC(Oc3ccc(Cl)c(Cl)c3)CC2)c1. The van der Waals surface area contributed by atoms with Crippen LogP contribution >= 0.6 is 23.2 Å². The molecule has 1 fully saturated rings. The van der Waals surface area contributed by atoms with Crippen LogP contribution in [0.25, 0.3) is 0 Å². The largest absolute Gasteiger partial charge is 0.497 e. The lowest BCUT2D eigenvalue weighted by Crippen LogP contribution is -2.39. The Morgan fingerprint density at radius 3 is 2.55 bits per heavy atom. The molecule has 0 aromatic heterocycles. The van der Waals surface area contributed by atoms with Gasteiger partial charge in [-0.3, -0.25) is 4.79 Å². The van der Waals surface area contributed by atoms with Gasteiger partial charge in [0, 0.05) is 38.5 Å². The van der Waals surface area contributed by atoms with Crippen molar-refractivity contribution in [3.05, 3.63) is 58.1 Å². The van der Waals surface area contributed by atoms with E-state index in [0.717, 1.165) is 49.5 Å². The van der Waals surface area contributed by atoms with Crippen LogP contribution in [0.5, 0.6) is 11.5 Å². The highest BCUT2D eigenvalue weighted by atomic mass is 35.5. The maximum Gasteiger partial charge on any atom is 0.176 e. The summed E-state index contributed by atoms with van der Waals surface area (Å²) in [5.74, 6) is 1.43. The molecule has 2 aromatic rings. The zero-order chi connectivity index (χ0) is 22.2. The number of rotatable bonds is 10. The molecule has 1 heterocycles. The van der Waals surface area contributed by atoms with E-state index in [0.29, 0.717) is 29.3 Å². The summed E-state index contributed by atoms with van der Waals surface area (Å²) in [6.45, 7) is 2.50. The Hall–Kier alpha value is -2.08. The first kappa shape index (κ1) is 23.6. The summed E-state index contributed by atoms with van der Waals surface area (Å²) in [5, 5.41) is 9.14. The van der Waals surface area contributed by atoms with E-state index in [9.17, 15) is 4.79 Å². The molecule has 0 unspecified atom stereocenters. The smallest absolute Gasteiger partial charge is 0.176 e. The molecule has 166 valence electrons. The lowest BCUT2D eigenvalue weighted by Gasteiger charge is -2.32. The van der Waals surface area contributed by atoms with E-state index in [4.69, 9.17) is 38.1 Å². The summed E-state index contributed by atoms with van der Waals surface area (Å²) in [5.41, 5.74) is 1.25. The molecule has 1 aliphatic rings. The molecule has 31 heavy (non-hydrogen) atoms. The fourth-order valence-corrected chi connectivity index (χ4v) is 3.93. The average Bonchev–Trinajstić information content (AvgIpc) is 2.79. The van der Waals surface area contributed by atoms with E-state index >= 15 is 0 Å². The number of likely N-dealkylation sites (tertiary alicyclic amines) is 1. The number of halogens is 2. The zero-order valence-electron chi connectivity index (χ0n) is 17.7. The number of ketones is 1. The van der Waals surface area contributed by atoms with Crippen molar-refractivity contribution >= 4 is 34.7 Å². The molecule has 0 spiro atoms. The van der Waals surface area contributed by atoms with E-state index in [1.165, 1.54) is 0 Å². The van der Waals surface area contributed by atoms with E-state index < -0.39 is 0 Å². The molecule has 3 rings (SSSR count). The van der Waals surface area contributed by atoms with Gasteiger partial charge in [0.25, 0.3) is 0 Å². The van der Waals surface area contributed by atoms with Crippen molar-refractivity contribution in [1.29, 1.82) is 5.41 Å². The van der Waals surface area contributed by atoms with Gasteiger partial charge in [-0.2, -0.15) is 0 Å². The van der Waals surface area contributed by atoms with Gasteiger partial charge in [0.05, 0.1) is 22.9 Å². The minimum atomic E-state index is -0.0827. The lowest BCUT2D eigenvalue weighted by molar-refractivity contribution is -0.113. The van der Waals surface area contributed by atoms with Gasteiger partial charge < -0.3 is 19.8 Å². The van der Waals surface area contributed by atoms with E-state index in [1.54, 1.807) is 19.2 Å². The zero-order valence-corrected chi connectivity index (χ0v) is 19.2. The number of ether oxygens (including phenoxy) is 2. The lowest BCUT2D eigenvalue weighted by atomic mass is 10.0. The van der Waals surface area contributed by atoms with Gasteiger partial charge in [-0.15, -0.1) is 0 Å². The second-order valence-corrected chi connectivity index (χ2v) is 8.55. The third-order valence-corrected chi connectivity index (χ3v) is 6.26. The molecule has 1 saturated heterocycles. The Labute approximate surface area is 193 Å². The normalized spacial score (nSPS) is 14.9. The highest BCUT2D eigenvalue weighted by Gasteiger charge is 2.21. The molecule has 2 aromatic carbocycles. The quantitative estimate of drug-likeness (QED) is 0.476. The molecule has 0 aliphatic carbocycles. The van der Waals surface area contributed by atoms with Crippen LogP contribution in [0, 0.1) is 5.41 Å². The van der Waals surface area contributed by atoms with Gasteiger partial charge in [-0.1, -0.05) is 35.3 Å². The van der Waals surface area contributed by atoms with Crippen molar-refractivity contribution in [2.24, 2.45) is 0 Å². The molecule has 0 atom stereocenters. The number of carbonyl (C=O) groups is 1. The van der Waals surface area contributed by atoms with Crippen LogP contribution in [0.3, 0.4) is 0 Å². The summed E-state index contributed by atoms with van der Waals surface area (Å²) in [6.07, 6.45) is 3.39. The van der Waals surface area contributed by atoms with E-state index in [1.807, 2.05) is 30.3 Å². The predicted octanol–water partition coefficient (Wildman–Crippen LogP) is 5.46. The van der Waals surface area contributed by atoms with Gasteiger partial charge in [-0.05, 0) is 49.1 Å². The fraction of sp³-hybridized carbons (Fsp3) is 0.417. The molecular formula is C24H28Cl2N2O3. The van der Waals surface area contributed by atoms with Crippen LogP contribution in [-0.4, -0.2) is 49.2 Å². The van der Waals surface area contributed by atoms with Crippen LogP contribution in [0.1, 0.15) is 31.2 Å². The molecule has 5 nitrogen and oxygen atoms in total. The summed E-state index contributed by atoms with van der Waals surface area (Å²) in [4.78, 5) is 14.6.